The second kappa shape index (κ2) is 7.02. The first-order valence-electron chi connectivity index (χ1n) is 6.45. The van der Waals surface area contributed by atoms with Crippen molar-refractivity contribution in [3.8, 4) is 0 Å². The van der Waals surface area contributed by atoms with Crippen molar-refractivity contribution in [2.75, 3.05) is 6.54 Å². The Morgan fingerprint density at radius 2 is 2.14 bits per heavy atom. The summed E-state index contributed by atoms with van der Waals surface area (Å²) in [5, 5.41) is 1.98. The molecule has 21 heavy (non-hydrogen) atoms. The number of halogens is 1. The molecule has 2 rings (SSSR count). The minimum absolute atomic E-state index is 0.281. The van der Waals surface area contributed by atoms with Gasteiger partial charge in [0, 0.05) is 22.4 Å². The largest absolute Gasteiger partial charge is 0.326 e. The van der Waals surface area contributed by atoms with Crippen LogP contribution < -0.4 is 10.5 Å². The first-order chi connectivity index (χ1) is 9.94. The van der Waals surface area contributed by atoms with Gasteiger partial charge >= 0.3 is 0 Å². The van der Waals surface area contributed by atoms with Gasteiger partial charge < -0.3 is 5.73 Å². The Labute approximate surface area is 137 Å². The van der Waals surface area contributed by atoms with E-state index in [2.05, 4.69) is 20.7 Å². The predicted molar refractivity (Wildman–Crippen MR) is 90.0 cm³/mol. The fourth-order valence-electron chi connectivity index (χ4n) is 1.95. The standard InChI is InChI=1S/C14H17BrN2O2S2/c1-10-13(15)7-11(9-16)8-14(10)21(18,19)17-5-4-12-3-2-6-20-12/h2-3,6-8,17H,4-5,9,16H2,1H3. The van der Waals surface area contributed by atoms with Gasteiger partial charge in [-0.05, 0) is 48.1 Å². The van der Waals surface area contributed by atoms with Gasteiger partial charge in [0.1, 0.15) is 0 Å². The van der Waals surface area contributed by atoms with Crippen molar-refractivity contribution in [3.63, 3.8) is 0 Å². The van der Waals surface area contributed by atoms with Gasteiger partial charge in [0.2, 0.25) is 10.0 Å². The summed E-state index contributed by atoms with van der Waals surface area (Å²) in [6.45, 7) is 2.46. The summed E-state index contributed by atoms with van der Waals surface area (Å²) in [6, 6.07) is 7.43. The van der Waals surface area contributed by atoms with Crippen molar-refractivity contribution >= 4 is 37.3 Å². The van der Waals surface area contributed by atoms with E-state index in [0.717, 1.165) is 14.9 Å². The van der Waals surface area contributed by atoms with Crippen LogP contribution in [0, 0.1) is 6.92 Å². The molecule has 0 fully saturated rings. The highest BCUT2D eigenvalue weighted by atomic mass is 79.9. The number of nitrogens with one attached hydrogen (secondary N) is 1. The van der Waals surface area contributed by atoms with E-state index in [1.165, 1.54) is 0 Å². The van der Waals surface area contributed by atoms with Gasteiger partial charge in [0.05, 0.1) is 4.90 Å². The van der Waals surface area contributed by atoms with E-state index >= 15 is 0 Å². The van der Waals surface area contributed by atoms with Crippen LogP contribution in [0.1, 0.15) is 16.0 Å². The van der Waals surface area contributed by atoms with Crippen LogP contribution in [0.5, 0.6) is 0 Å². The minimum Gasteiger partial charge on any atom is -0.326 e. The normalized spacial score (nSPS) is 11.8. The first-order valence-corrected chi connectivity index (χ1v) is 9.61. The third-order valence-corrected chi connectivity index (χ3v) is 6.47. The smallest absolute Gasteiger partial charge is 0.240 e. The van der Waals surface area contributed by atoms with E-state index in [4.69, 9.17) is 5.73 Å². The Balaban J connectivity index is 2.17. The number of benzene rings is 1. The Hall–Kier alpha value is -0.730. The molecular weight excluding hydrogens is 372 g/mol. The maximum atomic E-state index is 12.4. The highest BCUT2D eigenvalue weighted by Gasteiger charge is 2.18. The van der Waals surface area contributed by atoms with Gasteiger partial charge in [-0.2, -0.15) is 0 Å². The van der Waals surface area contributed by atoms with Crippen LogP contribution in [0.4, 0.5) is 0 Å². The van der Waals surface area contributed by atoms with E-state index in [-0.39, 0.29) is 4.90 Å². The Morgan fingerprint density at radius 3 is 2.76 bits per heavy atom. The molecule has 1 aromatic carbocycles. The predicted octanol–water partition coefficient (Wildman–Crippen LogP) is 2.80. The van der Waals surface area contributed by atoms with E-state index in [1.54, 1.807) is 24.3 Å². The van der Waals surface area contributed by atoms with Crippen molar-refractivity contribution < 1.29 is 8.42 Å². The van der Waals surface area contributed by atoms with E-state index in [9.17, 15) is 8.42 Å². The van der Waals surface area contributed by atoms with Crippen LogP contribution in [0.15, 0.2) is 39.0 Å². The molecule has 0 saturated heterocycles. The summed E-state index contributed by atoms with van der Waals surface area (Å²) < 4.78 is 28.3. The molecule has 4 nitrogen and oxygen atoms in total. The maximum Gasteiger partial charge on any atom is 0.240 e. The number of rotatable bonds is 6. The molecule has 7 heteroatoms. The highest BCUT2D eigenvalue weighted by molar-refractivity contribution is 9.10. The topological polar surface area (TPSA) is 72.2 Å². The lowest BCUT2D eigenvalue weighted by Crippen LogP contribution is -2.26. The van der Waals surface area contributed by atoms with Gasteiger partial charge in [0.25, 0.3) is 0 Å². The average Bonchev–Trinajstić information content (AvgIpc) is 2.94. The number of hydrogen-bond donors (Lipinski definition) is 2. The van der Waals surface area contributed by atoms with Crippen molar-refractivity contribution in [1.29, 1.82) is 0 Å². The number of nitrogens with two attached hydrogens (primary N) is 1. The second-order valence-electron chi connectivity index (χ2n) is 4.63. The Bertz CT molecular complexity index is 713. The summed E-state index contributed by atoms with van der Waals surface area (Å²) in [5.41, 5.74) is 7.08. The lowest BCUT2D eigenvalue weighted by atomic mass is 10.1. The molecule has 0 radical (unpaired) electrons. The molecule has 0 aliphatic heterocycles. The summed E-state index contributed by atoms with van der Waals surface area (Å²) in [4.78, 5) is 1.44. The lowest BCUT2D eigenvalue weighted by molar-refractivity contribution is 0.581. The van der Waals surface area contributed by atoms with E-state index in [1.807, 2.05) is 23.6 Å². The third kappa shape index (κ3) is 4.14. The van der Waals surface area contributed by atoms with Gasteiger partial charge in [-0.3, -0.25) is 0 Å². The SMILES string of the molecule is Cc1c(Br)cc(CN)cc1S(=O)(=O)NCCc1cccs1. The molecule has 0 bridgehead atoms. The van der Waals surface area contributed by atoms with Gasteiger partial charge in [-0.25, -0.2) is 13.1 Å². The van der Waals surface area contributed by atoms with Crippen LogP contribution in [0.25, 0.3) is 0 Å². The summed E-state index contributed by atoms with van der Waals surface area (Å²) in [5.74, 6) is 0. The zero-order valence-electron chi connectivity index (χ0n) is 11.6. The molecular formula is C14H17BrN2O2S2. The molecule has 0 amide bonds. The molecule has 0 spiro atoms. The Kier molecular flexibility index (Phi) is 5.56. The molecule has 0 aliphatic carbocycles. The quantitative estimate of drug-likeness (QED) is 0.798. The molecule has 0 unspecified atom stereocenters. The molecule has 114 valence electrons. The number of thiophene rings is 1. The third-order valence-electron chi connectivity index (χ3n) is 3.13. The minimum atomic E-state index is -3.53. The fraction of sp³-hybridized carbons (Fsp3) is 0.286. The van der Waals surface area contributed by atoms with Crippen LogP contribution in [-0.2, 0) is 23.0 Å². The molecule has 0 aliphatic rings. The zero-order valence-corrected chi connectivity index (χ0v) is 14.8. The van der Waals surface area contributed by atoms with Crippen molar-refractivity contribution in [1.82, 2.24) is 4.72 Å². The van der Waals surface area contributed by atoms with Crippen molar-refractivity contribution in [3.05, 3.63) is 50.1 Å². The molecule has 1 heterocycles. The summed E-state index contributed by atoms with van der Waals surface area (Å²) >= 11 is 5.01. The van der Waals surface area contributed by atoms with Gasteiger partial charge in [0.15, 0.2) is 0 Å². The second-order valence-corrected chi connectivity index (χ2v) is 8.25. The lowest BCUT2D eigenvalue weighted by Gasteiger charge is -2.12. The number of hydrogen-bond acceptors (Lipinski definition) is 4. The molecule has 2 aromatic rings. The zero-order chi connectivity index (χ0) is 15.5. The Morgan fingerprint density at radius 1 is 1.38 bits per heavy atom. The highest BCUT2D eigenvalue weighted by Crippen LogP contribution is 2.25. The van der Waals surface area contributed by atoms with Crippen molar-refractivity contribution in [2.45, 2.75) is 24.8 Å². The van der Waals surface area contributed by atoms with E-state index in [0.29, 0.717) is 25.1 Å². The average molecular weight is 389 g/mol. The van der Waals surface area contributed by atoms with Crippen LogP contribution in [0.2, 0.25) is 0 Å². The monoisotopic (exact) mass is 388 g/mol. The summed E-state index contributed by atoms with van der Waals surface area (Å²) in [7, 11) is -3.53. The van der Waals surface area contributed by atoms with Gasteiger partial charge in [-0.15, -0.1) is 11.3 Å². The fourth-order valence-corrected chi connectivity index (χ4v) is 4.64. The molecule has 0 saturated carbocycles. The van der Waals surface area contributed by atoms with Crippen LogP contribution in [0.3, 0.4) is 0 Å². The number of sulfonamides is 1. The summed E-state index contributed by atoms with van der Waals surface area (Å²) in [6.07, 6.45) is 0.688. The maximum absolute atomic E-state index is 12.4. The molecule has 0 atom stereocenters. The first kappa shape index (κ1) is 16.6. The van der Waals surface area contributed by atoms with Gasteiger partial charge in [-0.1, -0.05) is 22.0 Å². The molecule has 1 aromatic heterocycles. The molecule has 3 N–H and O–H groups in total. The van der Waals surface area contributed by atoms with E-state index < -0.39 is 10.0 Å². The van der Waals surface area contributed by atoms with Crippen LogP contribution >= 0.6 is 27.3 Å². The van der Waals surface area contributed by atoms with Crippen LogP contribution in [-0.4, -0.2) is 15.0 Å². The van der Waals surface area contributed by atoms with Crippen molar-refractivity contribution in [2.24, 2.45) is 5.73 Å².